The molecular weight excluding hydrogens is 298 g/mol. The molecule has 3 heteroatoms. The van der Waals surface area contributed by atoms with Crippen LogP contribution in [0.3, 0.4) is 0 Å². The normalized spacial score (nSPS) is 11.8. The zero-order valence-corrected chi connectivity index (χ0v) is 13.5. The van der Waals surface area contributed by atoms with Crippen LogP contribution in [0.4, 0.5) is 0 Å². The number of para-hydroxylation sites is 1. The third-order valence-corrected chi connectivity index (χ3v) is 4.71. The van der Waals surface area contributed by atoms with Crippen molar-refractivity contribution < 1.29 is 13.4 Å². The maximum Gasteiger partial charge on any atom is 0.381 e. The number of hydrogen-bond donors (Lipinski definition) is 0. The van der Waals surface area contributed by atoms with Crippen molar-refractivity contribution >= 4 is 33.0 Å². The van der Waals surface area contributed by atoms with Gasteiger partial charge in [-0.05, 0) is 24.6 Å². The van der Waals surface area contributed by atoms with Gasteiger partial charge in [0.05, 0.1) is 5.56 Å². The largest absolute Gasteiger partial charge is 0.456 e. The minimum Gasteiger partial charge on any atom is -0.456 e. The van der Waals surface area contributed by atoms with Crippen LogP contribution in [0.1, 0.15) is 5.56 Å². The first kappa shape index (κ1) is 13.4. The summed E-state index contributed by atoms with van der Waals surface area (Å²) in [6.45, 7) is 2.10. The maximum absolute atomic E-state index is 6.17. The van der Waals surface area contributed by atoms with E-state index in [1.54, 1.807) is 0 Å². The lowest BCUT2D eigenvalue weighted by Gasteiger charge is -1.97. The van der Waals surface area contributed by atoms with Gasteiger partial charge in [0, 0.05) is 22.9 Å². The average molecular weight is 314 g/mol. The van der Waals surface area contributed by atoms with Crippen LogP contribution in [0.2, 0.25) is 0 Å². The van der Waals surface area contributed by atoms with E-state index in [9.17, 15) is 0 Å². The molecule has 0 N–H and O–H groups in total. The lowest BCUT2D eigenvalue weighted by Crippen LogP contribution is -2.28. The number of rotatable bonds is 1. The van der Waals surface area contributed by atoms with E-state index in [-0.39, 0.29) is 0 Å². The molecule has 3 aromatic carbocycles. The number of oxazole rings is 1. The van der Waals surface area contributed by atoms with E-state index < -0.39 is 0 Å². The van der Waals surface area contributed by atoms with Gasteiger partial charge in [0.2, 0.25) is 5.58 Å². The minimum atomic E-state index is 0.835. The highest BCUT2D eigenvalue weighted by Crippen LogP contribution is 2.33. The van der Waals surface area contributed by atoms with Crippen molar-refractivity contribution in [2.24, 2.45) is 7.05 Å². The van der Waals surface area contributed by atoms with Gasteiger partial charge >= 0.3 is 5.89 Å². The van der Waals surface area contributed by atoms with Crippen LogP contribution in [0.15, 0.2) is 69.5 Å². The quantitative estimate of drug-likeness (QED) is 0.401. The molecule has 2 aromatic heterocycles. The van der Waals surface area contributed by atoms with Crippen molar-refractivity contribution in [3.8, 4) is 11.5 Å². The highest BCUT2D eigenvalue weighted by molar-refractivity contribution is 6.08. The van der Waals surface area contributed by atoms with E-state index in [1.165, 1.54) is 5.56 Å². The van der Waals surface area contributed by atoms with E-state index >= 15 is 0 Å². The second-order valence-electron chi connectivity index (χ2n) is 6.20. The molecule has 0 aliphatic heterocycles. The monoisotopic (exact) mass is 314 g/mol. The average Bonchev–Trinajstić information content (AvgIpc) is 3.11. The molecule has 0 fully saturated rings. The molecule has 0 atom stereocenters. The molecule has 0 amide bonds. The number of fused-ring (bicyclic) bond motifs is 4. The summed E-state index contributed by atoms with van der Waals surface area (Å²) in [5.74, 6) is 0.861. The van der Waals surface area contributed by atoms with Gasteiger partial charge < -0.3 is 8.83 Å². The molecule has 5 aromatic rings. The van der Waals surface area contributed by atoms with Gasteiger partial charge in [0.25, 0.3) is 5.52 Å². The summed E-state index contributed by atoms with van der Waals surface area (Å²) in [5.41, 5.74) is 5.96. The van der Waals surface area contributed by atoms with E-state index in [4.69, 9.17) is 8.83 Å². The van der Waals surface area contributed by atoms with Crippen molar-refractivity contribution in [3.63, 3.8) is 0 Å². The van der Waals surface area contributed by atoms with Gasteiger partial charge in [-0.1, -0.05) is 36.4 Å². The Morgan fingerprint density at radius 2 is 1.54 bits per heavy atom. The second kappa shape index (κ2) is 4.71. The number of aryl methyl sites for hydroxylation is 2. The molecule has 24 heavy (non-hydrogen) atoms. The fourth-order valence-corrected chi connectivity index (χ4v) is 3.42. The summed E-state index contributed by atoms with van der Waals surface area (Å²) in [4.78, 5) is 0. The number of hydrogen-bond acceptors (Lipinski definition) is 2. The number of nitrogens with zero attached hydrogens (tertiary/aromatic N) is 1. The molecule has 0 saturated heterocycles. The smallest absolute Gasteiger partial charge is 0.381 e. The second-order valence-corrected chi connectivity index (χ2v) is 6.20. The van der Waals surface area contributed by atoms with Crippen molar-refractivity contribution in [1.29, 1.82) is 0 Å². The van der Waals surface area contributed by atoms with Gasteiger partial charge in [-0.15, -0.1) is 0 Å². The van der Waals surface area contributed by atoms with E-state index in [0.717, 1.165) is 44.5 Å². The molecule has 0 unspecified atom stereocenters. The molecule has 5 rings (SSSR count). The Balaban J connectivity index is 1.86. The van der Waals surface area contributed by atoms with Gasteiger partial charge in [0.1, 0.15) is 18.2 Å². The first-order valence-corrected chi connectivity index (χ1v) is 8.02. The van der Waals surface area contributed by atoms with Crippen LogP contribution >= 0.6 is 0 Å². The Morgan fingerprint density at radius 3 is 2.42 bits per heavy atom. The topological polar surface area (TPSA) is 30.2 Å². The summed E-state index contributed by atoms with van der Waals surface area (Å²) in [7, 11) is 2.04. The zero-order chi connectivity index (χ0) is 16.3. The van der Waals surface area contributed by atoms with E-state index in [2.05, 4.69) is 35.8 Å². The van der Waals surface area contributed by atoms with Crippen molar-refractivity contribution in [1.82, 2.24) is 0 Å². The Bertz CT molecular complexity index is 1230. The maximum atomic E-state index is 6.17. The number of furan rings is 1. The molecule has 0 spiro atoms. The molecule has 0 bridgehead atoms. The summed E-state index contributed by atoms with van der Waals surface area (Å²) >= 11 is 0. The zero-order valence-electron chi connectivity index (χ0n) is 13.5. The molecule has 0 saturated carbocycles. The van der Waals surface area contributed by atoms with E-state index in [1.807, 2.05) is 43.4 Å². The summed E-state index contributed by atoms with van der Waals surface area (Å²) in [6.07, 6.45) is 0. The van der Waals surface area contributed by atoms with Crippen molar-refractivity contribution in [3.05, 3.63) is 66.2 Å². The van der Waals surface area contributed by atoms with Crippen LogP contribution < -0.4 is 4.57 Å². The highest BCUT2D eigenvalue weighted by atomic mass is 16.4. The molecule has 0 aliphatic rings. The van der Waals surface area contributed by atoms with Crippen LogP contribution in [0.5, 0.6) is 0 Å². The fourth-order valence-electron chi connectivity index (χ4n) is 3.42. The Kier molecular flexibility index (Phi) is 2.63. The van der Waals surface area contributed by atoms with Crippen LogP contribution in [-0.2, 0) is 7.05 Å². The summed E-state index contributed by atoms with van der Waals surface area (Å²) in [6, 6.07) is 20.5. The van der Waals surface area contributed by atoms with Gasteiger partial charge in [-0.2, -0.15) is 4.57 Å². The SMILES string of the molecule is Cc1ccccc1-c1oc2cc3oc4ccccc4c3cc2[n+]1C. The lowest BCUT2D eigenvalue weighted by molar-refractivity contribution is -0.637. The third-order valence-electron chi connectivity index (χ3n) is 4.71. The Labute approximate surface area is 138 Å². The summed E-state index contributed by atoms with van der Waals surface area (Å²) < 4.78 is 14.3. The molecule has 0 aliphatic carbocycles. The van der Waals surface area contributed by atoms with Gasteiger partial charge in [-0.25, -0.2) is 0 Å². The molecule has 0 radical (unpaired) electrons. The third kappa shape index (κ3) is 1.75. The highest BCUT2D eigenvalue weighted by Gasteiger charge is 2.24. The van der Waals surface area contributed by atoms with Crippen molar-refractivity contribution in [2.75, 3.05) is 0 Å². The Hall–Kier alpha value is -3.07. The predicted octanol–water partition coefficient (Wildman–Crippen LogP) is 5.13. The van der Waals surface area contributed by atoms with Crippen molar-refractivity contribution in [2.45, 2.75) is 6.92 Å². The van der Waals surface area contributed by atoms with Gasteiger partial charge in [0.15, 0.2) is 0 Å². The molecule has 2 heterocycles. The molecule has 116 valence electrons. The standard InChI is InChI=1S/C21H16NO2/c1-13-7-3-4-8-14(13)21-22(2)17-11-16-15-9-5-6-10-18(15)23-19(16)12-20(17)24-21/h3-12H,1-2H3/q+1. The van der Waals surface area contributed by atoms with Crippen LogP contribution in [0.25, 0.3) is 44.5 Å². The number of aromatic nitrogens is 1. The lowest BCUT2D eigenvalue weighted by atomic mass is 10.1. The summed E-state index contributed by atoms with van der Waals surface area (Å²) in [5, 5.41) is 2.25. The van der Waals surface area contributed by atoms with Crippen LogP contribution in [0, 0.1) is 6.92 Å². The molecule has 3 nitrogen and oxygen atoms in total. The first-order chi connectivity index (χ1) is 11.7. The first-order valence-electron chi connectivity index (χ1n) is 8.02. The van der Waals surface area contributed by atoms with Crippen LogP contribution in [-0.4, -0.2) is 0 Å². The predicted molar refractivity (Wildman–Crippen MR) is 94.8 cm³/mol. The minimum absolute atomic E-state index is 0.835. The van der Waals surface area contributed by atoms with E-state index in [0.29, 0.717) is 0 Å². The fraction of sp³-hybridized carbons (Fsp3) is 0.0952. The number of benzene rings is 3. The molecular formula is C21H16NO2+. The Morgan fingerprint density at radius 1 is 0.750 bits per heavy atom. The van der Waals surface area contributed by atoms with Gasteiger partial charge in [-0.3, -0.25) is 0 Å².